The molecular formula is C18H24N2O3. The van der Waals surface area contributed by atoms with Crippen LogP contribution in [0.25, 0.3) is 0 Å². The predicted octanol–water partition coefficient (Wildman–Crippen LogP) is 2.11. The number of Topliss-reactive ketones (excluding diaryl/α,β-unsaturated/α-hetero) is 1. The Labute approximate surface area is 137 Å². The van der Waals surface area contributed by atoms with Crippen molar-refractivity contribution in [3.05, 3.63) is 29.3 Å². The molecule has 1 fully saturated rings. The first-order chi connectivity index (χ1) is 11.2. The lowest BCUT2D eigenvalue weighted by atomic mass is 9.96. The van der Waals surface area contributed by atoms with E-state index in [1.807, 2.05) is 25.1 Å². The Bertz CT molecular complexity index is 592. The number of nitrogens with zero attached hydrogens (tertiary/aromatic N) is 1. The largest absolute Gasteiger partial charge is 0.466 e. The molecule has 23 heavy (non-hydrogen) atoms. The van der Waals surface area contributed by atoms with Crippen molar-refractivity contribution >= 4 is 17.4 Å². The number of carbonyl (C=O) groups excluding carboxylic acids is 2. The molecule has 1 aromatic carbocycles. The maximum Gasteiger partial charge on any atom is 0.309 e. The Morgan fingerprint density at radius 3 is 2.83 bits per heavy atom. The average Bonchev–Trinajstić information content (AvgIpc) is 3.03. The van der Waals surface area contributed by atoms with E-state index < -0.39 is 0 Å². The first-order valence-corrected chi connectivity index (χ1v) is 8.46. The zero-order valence-corrected chi connectivity index (χ0v) is 13.6. The van der Waals surface area contributed by atoms with Crippen LogP contribution >= 0.6 is 0 Å². The van der Waals surface area contributed by atoms with Gasteiger partial charge in [0.1, 0.15) is 0 Å². The number of likely N-dealkylation sites (tertiary alicyclic amines) is 1. The molecule has 3 rings (SSSR count). The molecular weight excluding hydrogens is 292 g/mol. The van der Waals surface area contributed by atoms with Crippen molar-refractivity contribution in [2.75, 3.05) is 38.1 Å². The van der Waals surface area contributed by atoms with Gasteiger partial charge in [-0.2, -0.15) is 0 Å². The van der Waals surface area contributed by atoms with Gasteiger partial charge in [-0.25, -0.2) is 0 Å². The molecule has 5 heteroatoms. The molecule has 2 heterocycles. The van der Waals surface area contributed by atoms with Crippen molar-refractivity contribution in [3.63, 3.8) is 0 Å². The van der Waals surface area contributed by atoms with Crippen LogP contribution in [0.4, 0.5) is 5.69 Å². The smallest absolute Gasteiger partial charge is 0.309 e. The van der Waals surface area contributed by atoms with Gasteiger partial charge < -0.3 is 10.1 Å². The molecule has 2 aliphatic rings. The fourth-order valence-corrected chi connectivity index (χ4v) is 3.36. The van der Waals surface area contributed by atoms with Crippen LogP contribution in [0.1, 0.15) is 35.7 Å². The van der Waals surface area contributed by atoms with Crippen molar-refractivity contribution in [3.8, 4) is 0 Å². The summed E-state index contributed by atoms with van der Waals surface area (Å²) in [5.74, 6) is 0.0613. The molecule has 1 aromatic rings. The summed E-state index contributed by atoms with van der Waals surface area (Å²) < 4.78 is 5.08. The van der Waals surface area contributed by atoms with Gasteiger partial charge in [-0.05, 0) is 63.0 Å². The van der Waals surface area contributed by atoms with E-state index in [1.165, 1.54) is 5.56 Å². The van der Waals surface area contributed by atoms with Gasteiger partial charge in [0.15, 0.2) is 5.78 Å². The zero-order valence-electron chi connectivity index (χ0n) is 13.6. The lowest BCUT2D eigenvalue weighted by Gasteiger charge is -2.30. The number of hydrogen-bond acceptors (Lipinski definition) is 5. The number of rotatable bonds is 5. The van der Waals surface area contributed by atoms with Crippen LogP contribution in [0.15, 0.2) is 18.2 Å². The highest BCUT2D eigenvalue weighted by atomic mass is 16.5. The van der Waals surface area contributed by atoms with Gasteiger partial charge in [0.05, 0.1) is 19.1 Å². The second-order valence-corrected chi connectivity index (χ2v) is 6.27. The summed E-state index contributed by atoms with van der Waals surface area (Å²) in [5, 5.41) is 3.31. The fourth-order valence-electron chi connectivity index (χ4n) is 3.36. The lowest BCUT2D eigenvalue weighted by molar-refractivity contribution is -0.149. The number of benzene rings is 1. The molecule has 0 spiro atoms. The minimum Gasteiger partial charge on any atom is -0.466 e. The molecule has 5 nitrogen and oxygen atoms in total. The number of nitrogens with one attached hydrogen (secondary N) is 1. The van der Waals surface area contributed by atoms with Crippen molar-refractivity contribution in [1.82, 2.24) is 4.90 Å². The fraction of sp³-hybridized carbons (Fsp3) is 0.556. The number of piperidine rings is 1. The van der Waals surface area contributed by atoms with E-state index in [0.29, 0.717) is 13.2 Å². The van der Waals surface area contributed by atoms with Crippen molar-refractivity contribution < 1.29 is 14.3 Å². The molecule has 0 unspecified atom stereocenters. The standard InChI is InChI=1S/C18H24N2O3/c1-2-23-18(22)13-6-9-20(10-7-13)12-17(21)15-3-4-16-14(11-15)5-8-19-16/h3-4,11,13,19H,2,5-10,12H2,1H3. The van der Waals surface area contributed by atoms with Crippen molar-refractivity contribution in [1.29, 1.82) is 0 Å². The van der Waals surface area contributed by atoms with Gasteiger partial charge >= 0.3 is 5.97 Å². The van der Waals surface area contributed by atoms with E-state index >= 15 is 0 Å². The van der Waals surface area contributed by atoms with Gasteiger partial charge in [0.2, 0.25) is 0 Å². The normalized spacial score (nSPS) is 18.3. The monoisotopic (exact) mass is 316 g/mol. The number of anilines is 1. The van der Waals surface area contributed by atoms with Crippen LogP contribution in [-0.2, 0) is 16.0 Å². The molecule has 1 saturated heterocycles. The highest BCUT2D eigenvalue weighted by Crippen LogP contribution is 2.24. The summed E-state index contributed by atoms with van der Waals surface area (Å²) in [5.41, 5.74) is 3.17. The second kappa shape index (κ2) is 7.13. The van der Waals surface area contributed by atoms with Gasteiger partial charge in [0.25, 0.3) is 0 Å². The van der Waals surface area contributed by atoms with Gasteiger partial charge in [-0.3, -0.25) is 14.5 Å². The summed E-state index contributed by atoms with van der Waals surface area (Å²) >= 11 is 0. The number of hydrogen-bond donors (Lipinski definition) is 1. The third-order valence-corrected chi connectivity index (χ3v) is 4.71. The van der Waals surface area contributed by atoms with Crippen molar-refractivity contribution in [2.45, 2.75) is 26.2 Å². The second-order valence-electron chi connectivity index (χ2n) is 6.27. The maximum atomic E-state index is 12.5. The van der Waals surface area contributed by atoms with E-state index in [2.05, 4.69) is 10.2 Å². The van der Waals surface area contributed by atoms with Crippen LogP contribution in [0.3, 0.4) is 0 Å². The Kier molecular flexibility index (Phi) is 4.96. The van der Waals surface area contributed by atoms with E-state index in [-0.39, 0.29) is 17.7 Å². The lowest BCUT2D eigenvalue weighted by Crippen LogP contribution is -2.39. The van der Waals surface area contributed by atoms with E-state index in [0.717, 1.165) is 50.1 Å². The number of carbonyl (C=O) groups is 2. The summed E-state index contributed by atoms with van der Waals surface area (Å²) in [6, 6.07) is 5.93. The van der Waals surface area contributed by atoms with Gasteiger partial charge in [-0.1, -0.05) is 0 Å². The Hall–Kier alpha value is -1.88. The molecule has 2 aliphatic heterocycles. The summed E-state index contributed by atoms with van der Waals surface area (Å²) in [6.45, 7) is 5.21. The Morgan fingerprint density at radius 1 is 1.30 bits per heavy atom. The first kappa shape index (κ1) is 16.0. The van der Waals surface area contributed by atoms with Crippen LogP contribution in [-0.4, -0.2) is 49.4 Å². The molecule has 0 amide bonds. The van der Waals surface area contributed by atoms with Crippen LogP contribution in [0.2, 0.25) is 0 Å². The van der Waals surface area contributed by atoms with Crippen LogP contribution in [0, 0.1) is 5.92 Å². The van der Waals surface area contributed by atoms with E-state index in [9.17, 15) is 9.59 Å². The third kappa shape index (κ3) is 3.72. The minimum atomic E-state index is -0.0930. The van der Waals surface area contributed by atoms with Crippen molar-refractivity contribution in [2.24, 2.45) is 5.92 Å². The van der Waals surface area contributed by atoms with E-state index in [1.54, 1.807) is 0 Å². The van der Waals surface area contributed by atoms with Gasteiger partial charge in [0, 0.05) is 17.8 Å². The highest BCUT2D eigenvalue weighted by Gasteiger charge is 2.27. The highest BCUT2D eigenvalue weighted by molar-refractivity contribution is 5.98. The topological polar surface area (TPSA) is 58.6 Å². The third-order valence-electron chi connectivity index (χ3n) is 4.71. The van der Waals surface area contributed by atoms with E-state index in [4.69, 9.17) is 4.74 Å². The molecule has 0 bridgehead atoms. The Morgan fingerprint density at radius 2 is 2.09 bits per heavy atom. The quantitative estimate of drug-likeness (QED) is 0.666. The van der Waals surface area contributed by atoms with Crippen LogP contribution in [0.5, 0.6) is 0 Å². The molecule has 1 N–H and O–H groups in total. The summed E-state index contributed by atoms with van der Waals surface area (Å²) in [7, 11) is 0. The van der Waals surface area contributed by atoms with Crippen LogP contribution < -0.4 is 5.32 Å². The number of esters is 1. The summed E-state index contributed by atoms with van der Waals surface area (Å²) in [6.07, 6.45) is 2.54. The zero-order chi connectivity index (χ0) is 16.2. The minimum absolute atomic E-state index is 0.00706. The molecule has 124 valence electrons. The number of ketones is 1. The maximum absolute atomic E-state index is 12.5. The SMILES string of the molecule is CCOC(=O)C1CCN(CC(=O)c2ccc3c(c2)CCN3)CC1. The molecule has 0 radical (unpaired) electrons. The molecule has 0 atom stereocenters. The first-order valence-electron chi connectivity index (χ1n) is 8.46. The summed E-state index contributed by atoms with van der Waals surface area (Å²) in [4.78, 5) is 26.4. The van der Waals surface area contributed by atoms with Gasteiger partial charge in [-0.15, -0.1) is 0 Å². The Balaban J connectivity index is 1.52. The molecule has 0 aromatic heterocycles. The number of fused-ring (bicyclic) bond motifs is 1. The average molecular weight is 316 g/mol. The predicted molar refractivity (Wildman–Crippen MR) is 88.8 cm³/mol. The number of ether oxygens (including phenoxy) is 1. The molecule has 0 saturated carbocycles. The molecule has 0 aliphatic carbocycles.